The molecule has 0 fully saturated rings. The van der Waals surface area contributed by atoms with Crippen LogP contribution >= 0.6 is 104 Å². The minimum Gasteiger partial charge on any atom is -0.279 e. The number of aliphatic imine (C=N–C) groups is 2. The Kier molecular flexibility index (Phi) is 8.44. The van der Waals surface area contributed by atoms with Crippen molar-refractivity contribution in [1.82, 2.24) is 4.90 Å². The molecule has 33 heavy (non-hydrogen) atoms. The molecule has 1 unspecified atom stereocenters. The van der Waals surface area contributed by atoms with Crippen LogP contribution in [0.5, 0.6) is 0 Å². The van der Waals surface area contributed by atoms with Gasteiger partial charge in [-0.1, -0.05) is 171 Å². The Balaban J connectivity index is 2.36. The molecule has 3 rings (SSSR count). The molecule has 0 aromatic heterocycles. The van der Waals surface area contributed by atoms with E-state index in [0.717, 1.165) is 16.0 Å². The Morgan fingerprint density at radius 1 is 0.818 bits per heavy atom. The minimum absolute atomic E-state index is 0.0790. The van der Waals surface area contributed by atoms with Crippen LogP contribution in [0.3, 0.4) is 0 Å². The van der Waals surface area contributed by atoms with Gasteiger partial charge in [-0.25, -0.2) is 9.98 Å². The SMILES string of the molecule is Cc1ccc(C2=NC(C(Cl)(Cl)Cl)=NC(C=Cc3ccccc3)(C(Cl)(Cl)Cl)N2C(Cl)(Cl)Cl)cc1. The van der Waals surface area contributed by atoms with Crippen LogP contribution in [0.4, 0.5) is 0 Å². The molecule has 2 aromatic carbocycles. The molecule has 1 atom stereocenters. The van der Waals surface area contributed by atoms with Gasteiger partial charge in [-0.15, -0.1) is 0 Å². The number of aryl methyl sites for hydroxylation is 1. The Hall–Kier alpha value is -0.0700. The fourth-order valence-corrected chi connectivity index (χ4v) is 4.51. The standard InChI is InChI=1S/C21H14Cl9N3/c1-13-7-9-15(10-8-13)16-31-17(19(22,23)24)32-18(20(25,26)27,33(16)21(28,29)30)12-11-14-5-3-2-4-6-14/h2-12H,1H3. The number of benzene rings is 2. The predicted molar refractivity (Wildman–Crippen MR) is 146 cm³/mol. The van der Waals surface area contributed by atoms with E-state index in [0.29, 0.717) is 5.56 Å². The lowest BCUT2D eigenvalue weighted by atomic mass is 10.0. The molecule has 12 heteroatoms. The van der Waals surface area contributed by atoms with Gasteiger partial charge in [-0.3, -0.25) is 4.90 Å². The molecule has 1 heterocycles. The zero-order valence-corrected chi connectivity index (χ0v) is 23.4. The molecule has 0 aliphatic carbocycles. The van der Waals surface area contributed by atoms with Crippen molar-refractivity contribution < 1.29 is 0 Å². The smallest absolute Gasteiger partial charge is 0.271 e. The second-order valence-corrected chi connectivity index (χ2v) is 13.8. The van der Waals surface area contributed by atoms with Crippen LogP contribution in [0.1, 0.15) is 16.7 Å². The Morgan fingerprint density at radius 3 is 1.88 bits per heavy atom. The van der Waals surface area contributed by atoms with Crippen molar-refractivity contribution in [3.8, 4) is 0 Å². The average Bonchev–Trinajstić information content (AvgIpc) is 2.70. The highest BCUT2D eigenvalue weighted by molar-refractivity contribution is 6.77. The quantitative estimate of drug-likeness (QED) is 0.247. The number of amidine groups is 2. The molecule has 176 valence electrons. The highest BCUT2D eigenvalue weighted by Crippen LogP contribution is 2.53. The first kappa shape index (κ1) is 27.5. The average molecular weight is 627 g/mol. The second kappa shape index (κ2) is 10.1. The summed E-state index contributed by atoms with van der Waals surface area (Å²) in [5.74, 6) is -0.173. The maximum Gasteiger partial charge on any atom is 0.271 e. The van der Waals surface area contributed by atoms with Crippen molar-refractivity contribution in [3.63, 3.8) is 0 Å². The largest absolute Gasteiger partial charge is 0.279 e. The number of rotatable bonds is 3. The van der Waals surface area contributed by atoms with Crippen molar-refractivity contribution in [2.45, 2.75) is 24.1 Å². The highest BCUT2D eigenvalue weighted by atomic mass is 35.6. The Morgan fingerprint density at radius 2 is 1.39 bits per heavy atom. The Bertz CT molecular complexity index is 1080. The van der Waals surface area contributed by atoms with E-state index in [9.17, 15) is 0 Å². The summed E-state index contributed by atoms with van der Waals surface area (Å²) in [4.78, 5) is 9.99. The number of hydrogen-bond acceptors (Lipinski definition) is 3. The summed E-state index contributed by atoms with van der Waals surface area (Å²) < 4.78 is -6.47. The third-order valence-electron chi connectivity index (χ3n) is 4.58. The van der Waals surface area contributed by atoms with Crippen molar-refractivity contribution in [2.24, 2.45) is 9.98 Å². The molecule has 0 saturated heterocycles. The molecule has 3 nitrogen and oxygen atoms in total. The van der Waals surface area contributed by atoms with E-state index >= 15 is 0 Å². The van der Waals surface area contributed by atoms with Crippen LogP contribution in [-0.4, -0.2) is 33.7 Å². The molecule has 0 N–H and O–H groups in total. The van der Waals surface area contributed by atoms with E-state index in [1.807, 2.05) is 49.4 Å². The first-order valence-electron chi connectivity index (χ1n) is 9.16. The fourth-order valence-electron chi connectivity index (χ4n) is 3.06. The van der Waals surface area contributed by atoms with Gasteiger partial charge in [0.15, 0.2) is 5.84 Å². The fraction of sp³-hybridized carbons (Fsp3) is 0.238. The first-order chi connectivity index (χ1) is 15.1. The summed E-state index contributed by atoms with van der Waals surface area (Å²) in [5.41, 5.74) is 0.295. The summed E-state index contributed by atoms with van der Waals surface area (Å²) in [5, 5.41) is 0. The van der Waals surface area contributed by atoms with E-state index in [1.165, 1.54) is 6.08 Å². The maximum atomic E-state index is 6.50. The molecule has 0 amide bonds. The lowest BCUT2D eigenvalue weighted by molar-refractivity contribution is 0.235. The third-order valence-corrected chi connectivity index (χ3v) is 6.43. The molecule has 0 spiro atoms. The molecule has 0 bridgehead atoms. The van der Waals surface area contributed by atoms with Gasteiger partial charge >= 0.3 is 0 Å². The lowest BCUT2D eigenvalue weighted by Crippen LogP contribution is -2.64. The van der Waals surface area contributed by atoms with Crippen LogP contribution in [0.2, 0.25) is 0 Å². The minimum atomic E-state index is -2.21. The van der Waals surface area contributed by atoms with Gasteiger partial charge in [-0.05, 0) is 18.6 Å². The van der Waals surface area contributed by atoms with Crippen molar-refractivity contribution in [1.29, 1.82) is 0 Å². The van der Waals surface area contributed by atoms with Crippen LogP contribution in [-0.2, 0) is 0 Å². The van der Waals surface area contributed by atoms with E-state index in [2.05, 4.69) is 9.98 Å². The zero-order valence-electron chi connectivity index (χ0n) is 16.6. The summed E-state index contributed by atoms with van der Waals surface area (Å²) in [6.07, 6.45) is 3.12. The van der Waals surface area contributed by atoms with Gasteiger partial charge in [0, 0.05) is 5.56 Å². The van der Waals surface area contributed by atoms with Gasteiger partial charge in [0.2, 0.25) is 13.2 Å². The molecule has 1 aliphatic rings. The van der Waals surface area contributed by atoms with Crippen LogP contribution in [0.15, 0.2) is 70.7 Å². The van der Waals surface area contributed by atoms with E-state index < -0.39 is 17.2 Å². The molecule has 2 aromatic rings. The van der Waals surface area contributed by atoms with E-state index in [4.69, 9.17) is 104 Å². The first-order valence-corrected chi connectivity index (χ1v) is 12.6. The van der Waals surface area contributed by atoms with Gasteiger partial charge in [-0.2, -0.15) is 0 Å². The van der Waals surface area contributed by atoms with Crippen molar-refractivity contribution in [2.75, 3.05) is 0 Å². The van der Waals surface area contributed by atoms with Crippen LogP contribution < -0.4 is 0 Å². The van der Waals surface area contributed by atoms with Crippen molar-refractivity contribution in [3.05, 3.63) is 77.4 Å². The Labute approximate surface area is 236 Å². The highest BCUT2D eigenvalue weighted by Gasteiger charge is 2.61. The number of nitrogens with zero attached hydrogens (tertiary/aromatic N) is 3. The van der Waals surface area contributed by atoms with Gasteiger partial charge < -0.3 is 0 Å². The number of alkyl halides is 9. The van der Waals surface area contributed by atoms with Crippen LogP contribution in [0.25, 0.3) is 6.08 Å². The number of halogens is 9. The maximum absolute atomic E-state index is 6.50. The summed E-state index contributed by atoms with van der Waals surface area (Å²) in [6, 6.07) is 16.4. The zero-order chi connectivity index (χ0) is 24.7. The molecule has 0 saturated carbocycles. The van der Waals surface area contributed by atoms with Gasteiger partial charge in [0.05, 0.1) is 0 Å². The lowest BCUT2D eigenvalue weighted by Gasteiger charge is -2.50. The van der Waals surface area contributed by atoms with E-state index in [1.54, 1.807) is 18.2 Å². The van der Waals surface area contributed by atoms with Crippen molar-refractivity contribution >= 4 is 122 Å². The molecule has 1 aliphatic heterocycles. The summed E-state index contributed by atoms with van der Waals surface area (Å²) in [6.45, 7) is 1.92. The van der Waals surface area contributed by atoms with Gasteiger partial charge in [0.25, 0.3) is 3.92 Å². The number of hydrogen-bond donors (Lipinski definition) is 0. The normalized spacial score (nSPS) is 20.1. The predicted octanol–water partition coefficient (Wildman–Crippen LogP) is 8.93. The third kappa shape index (κ3) is 6.20. The summed E-state index contributed by atoms with van der Waals surface area (Å²) >= 11 is 57.3. The molecular weight excluding hydrogens is 613 g/mol. The van der Waals surface area contributed by atoms with Crippen LogP contribution in [0, 0.1) is 6.92 Å². The van der Waals surface area contributed by atoms with Gasteiger partial charge in [0.1, 0.15) is 5.84 Å². The second-order valence-electron chi connectivity index (χ2n) is 7.01. The molecular formula is C21H14Cl9N3. The topological polar surface area (TPSA) is 28.0 Å². The van der Waals surface area contributed by atoms with E-state index in [-0.39, 0.29) is 11.7 Å². The molecule has 0 radical (unpaired) electrons. The summed E-state index contributed by atoms with van der Waals surface area (Å²) in [7, 11) is 0. The monoisotopic (exact) mass is 623 g/mol.